The van der Waals surface area contributed by atoms with E-state index in [2.05, 4.69) is 13.8 Å². The summed E-state index contributed by atoms with van der Waals surface area (Å²) in [5, 5.41) is 11.1. The Labute approximate surface area is 116 Å². The van der Waals surface area contributed by atoms with Crippen molar-refractivity contribution in [1.82, 2.24) is 0 Å². The van der Waals surface area contributed by atoms with Crippen molar-refractivity contribution in [3.63, 3.8) is 0 Å². The van der Waals surface area contributed by atoms with Gasteiger partial charge in [0.15, 0.2) is 0 Å². The summed E-state index contributed by atoms with van der Waals surface area (Å²) in [5.74, 6) is 2.26. The van der Waals surface area contributed by atoms with Crippen molar-refractivity contribution >= 4 is 0 Å². The second kappa shape index (κ2) is 5.96. The summed E-state index contributed by atoms with van der Waals surface area (Å²) in [6, 6.07) is 7.90. The van der Waals surface area contributed by atoms with Crippen molar-refractivity contribution < 1.29 is 9.84 Å². The van der Waals surface area contributed by atoms with Gasteiger partial charge in [-0.15, -0.1) is 0 Å². The highest BCUT2D eigenvalue weighted by molar-refractivity contribution is 5.38. The van der Waals surface area contributed by atoms with E-state index in [0.717, 1.165) is 42.9 Å². The van der Waals surface area contributed by atoms with Crippen LogP contribution in [0.4, 0.5) is 0 Å². The lowest BCUT2D eigenvalue weighted by molar-refractivity contribution is 0.0169. The highest BCUT2D eigenvalue weighted by atomic mass is 16.5. The van der Waals surface area contributed by atoms with Crippen LogP contribution >= 0.6 is 0 Å². The largest absolute Gasteiger partial charge is 0.496 e. The number of methoxy groups -OCH3 is 1. The van der Waals surface area contributed by atoms with Gasteiger partial charge in [-0.3, -0.25) is 0 Å². The molecule has 0 heterocycles. The molecule has 0 amide bonds. The third-order valence-electron chi connectivity index (χ3n) is 4.65. The van der Waals surface area contributed by atoms with Gasteiger partial charge in [-0.1, -0.05) is 38.5 Å². The molecule has 0 aliphatic heterocycles. The van der Waals surface area contributed by atoms with Gasteiger partial charge in [-0.2, -0.15) is 0 Å². The molecule has 0 spiro atoms. The second-order valence-corrected chi connectivity index (χ2v) is 6.17. The third-order valence-corrected chi connectivity index (χ3v) is 4.65. The van der Waals surface area contributed by atoms with Crippen molar-refractivity contribution in [3.05, 3.63) is 29.8 Å². The fraction of sp³-hybridized carbons (Fsp3) is 0.647. The standard InChI is InChI=1S/C17H26O2/c1-13(2)14-7-6-11-17(18,12-10-14)15-8-4-5-9-16(15)19-3/h4-5,8-9,13-14,18H,6-7,10-12H2,1-3H3. The summed E-state index contributed by atoms with van der Waals surface area (Å²) in [6.45, 7) is 4.58. The van der Waals surface area contributed by atoms with Gasteiger partial charge in [0.2, 0.25) is 0 Å². The molecule has 1 saturated carbocycles. The Morgan fingerprint density at radius 3 is 2.63 bits per heavy atom. The van der Waals surface area contributed by atoms with Gasteiger partial charge in [0.25, 0.3) is 0 Å². The van der Waals surface area contributed by atoms with E-state index < -0.39 is 5.60 Å². The number of benzene rings is 1. The minimum atomic E-state index is -0.712. The Hall–Kier alpha value is -1.02. The van der Waals surface area contributed by atoms with Gasteiger partial charge in [0, 0.05) is 5.56 Å². The predicted octanol–water partition coefficient (Wildman–Crippen LogP) is 4.12. The van der Waals surface area contributed by atoms with E-state index in [-0.39, 0.29) is 0 Å². The molecule has 0 saturated heterocycles. The molecule has 2 unspecified atom stereocenters. The molecule has 0 radical (unpaired) electrons. The predicted molar refractivity (Wildman–Crippen MR) is 78.3 cm³/mol. The Bertz CT molecular complexity index is 413. The summed E-state index contributed by atoms with van der Waals surface area (Å²) in [5.41, 5.74) is 0.248. The van der Waals surface area contributed by atoms with E-state index >= 15 is 0 Å². The van der Waals surface area contributed by atoms with Gasteiger partial charge >= 0.3 is 0 Å². The lowest BCUT2D eigenvalue weighted by Gasteiger charge is -2.29. The fourth-order valence-corrected chi connectivity index (χ4v) is 3.32. The van der Waals surface area contributed by atoms with Gasteiger partial charge in [-0.25, -0.2) is 0 Å². The van der Waals surface area contributed by atoms with E-state index in [4.69, 9.17) is 4.74 Å². The zero-order chi connectivity index (χ0) is 13.9. The van der Waals surface area contributed by atoms with Crippen LogP contribution < -0.4 is 4.74 Å². The van der Waals surface area contributed by atoms with Crippen LogP contribution in [0.15, 0.2) is 24.3 Å². The normalized spacial score (nSPS) is 28.2. The summed E-state index contributed by atoms with van der Waals surface area (Å²) < 4.78 is 5.42. The van der Waals surface area contributed by atoms with E-state index in [1.807, 2.05) is 24.3 Å². The van der Waals surface area contributed by atoms with Crippen LogP contribution in [-0.4, -0.2) is 12.2 Å². The summed E-state index contributed by atoms with van der Waals surface area (Å²) in [7, 11) is 1.68. The first-order valence-corrected chi connectivity index (χ1v) is 7.42. The Balaban J connectivity index is 2.22. The highest BCUT2D eigenvalue weighted by Crippen LogP contribution is 2.42. The van der Waals surface area contributed by atoms with Crippen LogP contribution in [0.2, 0.25) is 0 Å². The van der Waals surface area contributed by atoms with E-state index in [9.17, 15) is 5.11 Å². The topological polar surface area (TPSA) is 29.5 Å². The maximum absolute atomic E-state index is 11.1. The molecule has 1 aliphatic carbocycles. The highest BCUT2D eigenvalue weighted by Gasteiger charge is 2.35. The molecule has 0 aromatic heterocycles. The van der Waals surface area contributed by atoms with Crippen LogP contribution in [-0.2, 0) is 5.60 Å². The second-order valence-electron chi connectivity index (χ2n) is 6.17. The molecule has 1 aromatic rings. The molecule has 19 heavy (non-hydrogen) atoms. The molecule has 0 bridgehead atoms. The maximum Gasteiger partial charge on any atom is 0.124 e. The van der Waals surface area contributed by atoms with Gasteiger partial charge in [0.1, 0.15) is 5.75 Å². The van der Waals surface area contributed by atoms with Crippen molar-refractivity contribution in [2.45, 2.75) is 51.6 Å². The Morgan fingerprint density at radius 1 is 1.21 bits per heavy atom. The average molecular weight is 262 g/mol. The van der Waals surface area contributed by atoms with Crippen molar-refractivity contribution in [3.8, 4) is 5.75 Å². The zero-order valence-electron chi connectivity index (χ0n) is 12.4. The summed E-state index contributed by atoms with van der Waals surface area (Å²) >= 11 is 0. The lowest BCUT2D eigenvalue weighted by Crippen LogP contribution is -2.25. The minimum Gasteiger partial charge on any atom is -0.496 e. The van der Waals surface area contributed by atoms with Crippen molar-refractivity contribution in [2.24, 2.45) is 11.8 Å². The quantitative estimate of drug-likeness (QED) is 0.830. The minimum absolute atomic E-state index is 0.708. The monoisotopic (exact) mass is 262 g/mol. The summed E-state index contributed by atoms with van der Waals surface area (Å²) in [6.07, 6.45) is 5.12. The van der Waals surface area contributed by atoms with E-state index in [1.165, 1.54) is 6.42 Å². The molecular weight excluding hydrogens is 236 g/mol. The first kappa shape index (κ1) is 14.4. The smallest absolute Gasteiger partial charge is 0.124 e. The fourth-order valence-electron chi connectivity index (χ4n) is 3.32. The Morgan fingerprint density at radius 2 is 1.95 bits per heavy atom. The number of para-hydroxylation sites is 1. The van der Waals surface area contributed by atoms with Gasteiger partial charge in [0.05, 0.1) is 12.7 Å². The maximum atomic E-state index is 11.1. The number of hydrogen-bond donors (Lipinski definition) is 1. The molecule has 1 N–H and O–H groups in total. The third kappa shape index (κ3) is 3.11. The number of hydrogen-bond acceptors (Lipinski definition) is 2. The van der Waals surface area contributed by atoms with Gasteiger partial charge < -0.3 is 9.84 Å². The van der Waals surface area contributed by atoms with Crippen molar-refractivity contribution in [1.29, 1.82) is 0 Å². The van der Waals surface area contributed by atoms with Crippen LogP contribution in [0, 0.1) is 11.8 Å². The molecule has 1 fully saturated rings. The van der Waals surface area contributed by atoms with Crippen LogP contribution in [0.3, 0.4) is 0 Å². The first-order valence-electron chi connectivity index (χ1n) is 7.42. The van der Waals surface area contributed by atoms with Gasteiger partial charge in [-0.05, 0) is 43.6 Å². The van der Waals surface area contributed by atoms with Crippen LogP contribution in [0.1, 0.15) is 51.5 Å². The first-order chi connectivity index (χ1) is 9.07. The molecule has 106 valence electrons. The molecule has 2 nitrogen and oxygen atoms in total. The molecule has 2 rings (SSSR count). The SMILES string of the molecule is COc1ccccc1C1(O)CCCC(C(C)C)CC1. The molecule has 2 atom stereocenters. The zero-order valence-corrected chi connectivity index (χ0v) is 12.4. The summed E-state index contributed by atoms with van der Waals surface area (Å²) in [4.78, 5) is 0. The number of ether oxygens (including phenoxy) is 1. The molecular formula is C17H26O2. The Kier molecular flexibility index (Phi) is 4.51. The van der Waals surface area contributed by atoms with Crippen molar-refractivity contribution in [2.75, 3.05) is 7.11 Å². The number of rotatable bonds is 3. The molecule has 1 aromatic carbocycles. The van der Waals surface area contributed by atoms with Crippen LogP contribution in [0.25, 0.3) is 0 Å². The molecule has 2 heteroatoms. The lowest BCUT2D eigenvalue weighted by atomic mass is 9.84. The number of aliphatic hydroxyl groups is 1. The van der Waals surface area contributed by atoms with E-state index in [1.54, 1.807) is 7.11 Å². The molecule has 1 aliphatic rings. The average Bonchev–Trinajstić information content (AvgIpc) is 2.62. The van der Waals surface area contributed by atoms with E-state index in [0.29, 0.717) is 5.92 Å². The van der Waals surface area contributed by atoms with Crippen LogP contribution in [0.5, 0.6) is 5.75 Å².